The lowest BCUT2D eigenvalue weighted by molar-refractivity contribution is -0.115. The average molecular weight is 448 g/mol. The third-order valence-corrected chi connectivity index (χ3v) is 5.29. The van der Waals surface area contributed by atoms with Gasteiger partial charge in [0.1, 0.15) is 0 Å². The van der Waals surface area contributed by atoms with Crippen LogP contribution in [0, 0.1) is 29.1 Å². The van der Waals surface area contributed by atoms with Crippen LogP contribution < -0.4 is 11.1 Å². The van der Waals surface area contributed by atoms with Crippen LogP contribution in [0.1, 0.15) is 29.4 Å². The fourth-order valence-corrected chi connectivity index (χ4v) is 3.69. The number of nitrogens with two attached hydrogens (primary N) is 1. The lowest BCUT2D eigenvalue weighted by Crippen LogP contribution is -2.21. The van der Waals surface area contributed by atoms with Crippen LogP contribution in [0.15, 0.2) is 18.2 Å². The molecule has 0 aliphatic heterocycles. The van der Waals surface area contributed by atoms with E-state index in [0.717, 1.165) is 11.1 Å². The van der Waals surface area contributed by atoms with Gasteiger partial charge in [-0.25, -0.2) is 31.9 Å². The van der Waals surface area contributed by atoms with Gasteiger partial charge in [-0.05, 0) is 37.0 Å². The van der Waals surface area contributed by atoms with Crippen LogP contribution >= 0.6 is 0 Å². The molecule has 0 fully saturated rings. The van der Waals surface area contributed by atoms with Crippen LogP contribution in [-0.2, 0) is 30.5 Å². The predicted molar refractivity (Wildman–Crippen MR) is 107 cm³/mol. The van der Waals surface area contributed by atoms with Gasteiger partial charge < -0.3 is 11.1 Å². The Morgan fingerprint density at radius 1 is 1.00 bits per heavy atom. The molecule has 0 spiro atoms. The van der Waals surface area contributed by atoms with E-state index in [1.807, 2.05) is 12.1 Å². The molecule has 5 nitrogen and oxygen atoms in total. The first-order valence-electron chi connectivity index (χ1n) is 9.80. The minimum absolute atomic E-state index is 0.0824. The van der Waals surface area contributed by atoms with E-state index in [4.69, 9.17) is 5.73 Å². The number of nitrogens with one attached hydrogen (secondary N) is 1. The molecule has 0 atom stereocenters. The Hall–Kier alpha value is -3.56. The monoisotopic (exact) mass is 448 g/mol. The van der Waals surface area contributed by atoms with Gasteiger partial charge in [-0.1, -0.05) is 13.0 Å². The van der Waals surface area contributed by atoms with Crippen molar-refractivity contribution in [1.29, 1.82) is 0 Å². The molecule has 166 valence electrons. The number of nitrogen functional groups attached to an aromatic ring is 1. The Morgan fingerprint density at radius 3 is 2.31 bits per heavy atom. The summed E-state index contributed by atoms with van der Waals surface area (Å²) in [6.45, 7) is 1.78. The summed E-state index contributed by atoms with van der Waals surface area (Å²) >= 11 is 0. The Bertz CT molecular complexity index is 1230. The van der Waals surface area contributed by atoms with E-state index < -0.39 is 47.0 Å². The topological polar surface area (TPSA) is 80.9 Å². The highest BCUT2D eigenvalue weighted by Gasteiger charge is 2.28. The molecule has 1 aromatic heterocycles. The first-order valence-corrected chi connectivity index (χ1v) is 9.80. The molecule has 0 unspecified atom stereocenters. The van der Waals surface area contributed by atoms with E-state index in [0.29, 0.717) is 42.0 Å². The van der Waals surface area contributed by atoms with Crippen molar-refractivity contribution in [2.75, 3.05) is 11.1 Å². The predicted octanol–water partition coefficient (Wildman–Crippen LogP) is 4.26. The molecule has 1 aliphatic carbocycles. The summed E-state index contributed by atoms with van der Waals surface area (Å²) in [4.78, 5) is 21.5. The molecule has 3 aromatic rings. The molecular weight excluding hydrogens is 431 g/mol. The third kappa shape index (κ3) is 3.65. The lowest BCUT2D eigenvalue weighted by atomic mass is 9.91. The van der Waals surface area contributed by atoms with Crippen molar-refractivity contribution in [1.82, 2.24) is 9.97 Å². The molecule has 1 amide bonds. The first-order chi connectivity index (χ1) is 15.2. The number of aromatic nitrogens is 2. The molecule has 10 heteroatoms. The van der Waals surface area contributed by atoms with E-state index in [1.165, 1.54) is 0 Å². The molecule has 0 bridgehead atoms. The van der Waals surface area contributed by atoms with E-state index in [-0.39, 0.29) is 5.82 Å². The maximum absolute atomic E-state index is 13.9. The largest absolute Gasteiger partial charge is 0.399 e. The van der Waals surface area contributed by atoms with Crippen molar-refractivity contribution in [3.63, 3.8) is 0 Å². The number of fused-ring (bicyclic) bond motifs is 3. The maximum atomic E-state index is 13.9. The SMILES string of the molecule is CCc1nc2c(nc1NC(=O)Cc1c(F)c(F)c(F)c(F)c1F)CCc1cc(N)ccc1-2. The van der Waals surface area contributed by atoms with Gasteiger partial charge in [0.05, 0.1) is 23.5 Å². The van der Waals surface area contributed by atoms with Crippen LogP contribution in [0.3, 0.4) is 0 Å². The number of halogens is 5. The molecule has 1 aliphatic rings. The number of rotatable bonds is 4. The third-order valence-electron chi connectivity index (χ3n) is 5.29. The number of hydrogen-bond donors (Lipinski definition) is 2. The van der Waals surface area contributed by atoms with Crippen LogP contribution in [-0.4, -0.2) is 15.9 Å². The molecule has 4 rings (SSSR count). The average Bonchev–Trinajstić information content (AvgIpc) is 2.78. The van der Waals surface area contributed by atoms with Gasteiger partial charge in [0, 0.05) is 16.8 Å². The summed E-state index contributed by atoms with van der Waals surface area (Å²) in [5.74, 6) is -11.5. The molecule has 0 saturated heterocycles. The van der Waals surface area contributed by atoms with E-state index in [9.17, 15) is 26.7 Å². The quantitative estimate of drug-likeness (QED) is 0.271. The van der Waals surface area contributed by atoms with Crippen molar-refractivity contribution in [3.05, 3.63) is 69.8 Å². The van der Waals surface area contributed by atoms with Crippen LogP contribution in [0.2, 0.25) is 0 Å². The van der Waals surface area contributed by atoms with Gasteiger partial charge in [-0.2, -0.15) is 0 Å². The minimum atomic E-state index is -2.28. The molecule has 0 saturated carbocycles. The number of carbonyl (C=O) groups is 1. The zero-order chi connectivity index (χ0) is 23.2. The summed E-state index contributed by atoms with van der Waals surface area (Å²) in [5, 5.41) is 2.40. The molecule has 1 heterocycles. The summed E-state index contributed by atoms with van der Waals surface area (Å²) in [6.07, 6.45) is 0.507. The second-order valence-electron chi connectivity index (χ2n) is 7.36. The fourth-order valence-electron chi connectivity index (χ4n) is 3.69. The van der Waals surface area contributed by atoms with Gasteiger partial charge in [0.15, 0.2) is 29.1 Å². The Balaban J connectivity index is 1.65. The van der Waals surface area contributed by atoms with Crippen LogP contribution in [0.4, 0.5) is 33.5 Å². The molecule has 32 heavy (non-hydrogen) atoms. The summed E-state index contributed by atoms with van der Waals surface area (Å²) < 4.78 is 67.8. The van der Waals surface area contributed by atoms with Gasteiger partial charge in [0.25, 0.3) is 0 Å². The molecule has 2 aromatic carbocycles. The van der Waals surface area contributed by atoms with Crippen molar-refractivity contribution in [3.8, 4) is 11.3 Å². The van der Waals surface area contributed by atoms with E-state index in [2.05, 4.69) is 15.3 Å². The zero-order valence-corrected chi connectivity index (χ0v) is 16.8. The Kier molecular flexibility index (Phi) is 5.53. The summed E-state index contributed by atoms with van der Waals surface area (Å²) in [6, 6.07) is 5.46. The number of hydrogen-bond acceptors (Lipinski definition) is 4. The van der Waals surface area contributed by atoms with E-state index in [1.54, 1.807) is 13.0 Å². The number of aryl methyl sites for hydroxylation is 3. The normalized spacial score (nSPS) is 12.3. The van der Waals surface area contributed by atoms with Crippen molar-refractivity contribution < 1.29 is 26.7 Å². The Labute approximate surface area is 179 Å². The van der Waals surface area contributed by atoms with Crippen molar-refractivity contribution >= 4 is 17.4 Å². The fraction of sp³-hybridized carbons (Fsp3) is 0.227. The lowest BCUT2D eigenvalue weighted by Gasteiger charge is -2.21. The highest BCUT2D eigenvalue weighted by molar-refractivity contribution is 5.92. The molecule has 3 N–H and O–H groups in total. The van der Waals surface area contributed by atoms with Crippen molar-refractivity contribution in [2.45, 2.75) is 32.6 Å². The number of benzene rings is 2. The highest BCUT2D eigenvalue weighted by atomic mass is 19.2. The molecular formula is C22H17F5N4O. The van der Waals surface area contributed by atoms with E-state index >= 15 is 0 Å². The Morgan fingerprint density at radius 2 is 1.66 bits per heavy atom. The summed E-state index contributed by atoms with van der Waals surface area (Å²) in [7, 11) is 0. The highest BCUT2D eigenvalue weighted by Crippen LogP contribution is 2.34. The van der Waals surface area contributed by atoms with Gasteiger partial charge in [0.2, 0.25) is 11.7 Å². The van der Waals surface area contributed by atoms with Gasteiger partial charge in [-0.15, -0.1) is 0 Å². The first kappa shape index (κ1) is 21.7. The maximum Gasteiger partial charge on any atom is 0.230 e. The number of carbonyl (C=O) groups excluding carboxylic acids is 1. The van der Waals surface area contributed by atoms with Crippen LogP contribution in [0.5, 0.6) is 0 Å². The number of amides is 1. The van der Waals surface area contributed by atoms with Crippen LogP contribution in [0.25, 0.3) is 11.3 Å². The minimum Gasteiger partial charge on any atom is -0.399 e. The zero-order valence-electron chi connectivity index (χ0n) is 16.8. The smallest absolute Gasteiger partial charge is 0.230 e. The second kappa shape index (κ2) is 8.18. The second-order valence-corrected chi connectivity index (χ2v) is 7.36. The van der Waals surface area contributed by atoms with Gasteiger partial charge in [-0.3, -0.25) is 4.79 Å². The standard InChI is InChI=1S/C22H17F5N4O/c1-2-13-22(30-14-6-3-9-7-10(28)4-5-11(9)21(14)29-13)31-15(32)8-12-16(23)18(25)20(27)19(26)17(12)24/h4-5,7H,2-3,6,8,28H2,1H3,(H,30,31,32). The summed E-state index contributed by atoms with van der Waals surface area (Å²) in [5.41, 5.74) is 8.85. The molecule has 0 radical (unpaired) electrons. The van der Waals surface area contributed by atoms with Crippen molar-refractivity contribution in [2.24, 2.45) is 0 Å². The van der Waals surface area contributed by atoms with Gasteiger partial charge >= 0.3 is 0 Å². The number of nitrogens with zero attached hydrogens (tertiary/aromatic N) is 2. The number of anilines is 2.